The molecule has 0 fully saturated rings. The summed E-state index contributed by atoms with van der Waals surface area (Å²) in [4.78, 5) is 28.0. The molecular weight excluding hydrogens is 430 g/mol. The number of benzene rings is 2. The van der Waals surface area contributed by atoms with Crippen molar-refractivity contribution < 1.29 is 9.47 Å². The average Bonchev–Trinajstić information content (AvgIpc) is 3.18. The van der Waals surface area contributed by atoms with Gasteiger partial charge in [-0.3, -0.25) is 9.36 Å². The molecule has 34 heavy (non-hydrogen) atoms. The first-order chi connectivity index (χ1) is 16.5. The van der Waals surface area contributed by atoms with Crippen LogP contribution in [0.2, 0.25) is 0 Å². The monoisotopic (exact) mass is 457 g/mol. The average molecular weight is 458 g/mol. The molecule has 0 aliphatic carbocycles. The van der Waals surface area contributed by atoms with Crippen molar-refractivity contribution in [1.29, 1.82) is 0 Å². The third-order valence-corrected chi connectivity index (χ3v) is 6.41. The molecule has 5 rings (SSSR count). The fourth-order valence-electron chi connectivity index (χ4n) is 4.32. The summed E-state index contributed by atoms with van der Waals surface area (Å²) in [5.41, 5.74) is 4.40. The predicted molar refractivity (Wildman–Crippen MR) is 133 cm³/mol. The van der Waals surface area contributed by atoms with E-state index in [-0.39, 0.29) is 11.6 Å². The van der Waals surface area contributed by atoms with Crippen molar-refractivity contribution in [1.82, 2.24) is 24.1 Å². The van der Waals surface area contributed by atoms with Crippen LogP contribution in [-0.4, -0.2) is 38.3 Å². The molecule has 2 aromatic carbocycles. The SMILES string of the molecule is CCC(C)n1cnc2c(c1=O)c1nc3ccccc3nc1n2CCc1ccc(OC)c(OC)c1. The molecule has 8 heteroatoms. The Bertz CT molecular complexity index is 1570. The first-order valence-electron chi connectivity index (χ1n) is 11.4. The van der Waals surface area contributed by atoms with Crippen molar-refractivity contribution in [2.45, 2.75) is 39.3 Å². The molecule has 0 aliphatic rings. The number of aromatic nitrogens is 5. The van der Waals surface area contributed by atoms with E-state index in [0.29, 0.717) is 46.7 Å². The van der Waals surface area contributed by atoms with Gasteiger partial charge in [0, 0.05) is 12.6 Å². The van der Waals surface area contributed by atoms with Crippen molar-refractivity contribution in [3.63, 3.8) is 0 Å². The maximum Gasteiger partial charge on any atom is 0.265 e. The second kappa shape index (κ2) is 8.78. The summed E-state index contributed by atoms with van der Waals surface area (Å²) in [5.74, 6) is 1.37. The minimum absolute atomic E-state index is 0.0444. The van der Waals surface area contributed by atoms with E-state index in [1.165, 1.54) is 0 Å². The van der Waals surface area contributed by atoms with Crippen molar-refractivity contribution in [2.75, 3.05) is 14.2 Å². The van der Waals surface area contributed by atoms with E-state index in [1.54, 1.807) is 25.1 Å². The van der Waals surface area contributed by atoms with Gasteiger partial charge in [0.15, 0.2) is 22.8 Å². The van der Waals surface area contributed by atoms with E-state index in [2.05, 4.69) is 6.92 Å². The normalized spacial score (nSPS) is 12.5. The van der Waals surface area contributed by atoms with Crippen LogP contribution < -0.4 is 15.0 Å². The number of rotatable bonds is 7. The lowest BCUT2D eigenvalue weighted by Crippen LogP contribution is -2.23. The topological polar surface area (TPSA) is 84.1 Å². The quantitative estimate of drug-likeness (QED) is 0.357. The zero-order valence-electron chi connectivity index (χ0n) is 19.8. The molecular formula is C26H27N5O3. The smallest absolute Gasteiger partial charge is 0.265 e. The number of methoxy groups -OCH3 is 2. The van der Waals surface area contributed by atoms with Crippen LogP contribution in [0, 0.1) is 0 Å². The van der Waals surface area contributed by atoms with E-state index >= 15 is 0 Å². The summed E-state index contributed by atoms with van der Waals surface area (Å²) >= 11 is 0. The van der Waals surface area contributed by atoms with Crippen LogP contribution >= 0.6 is 0 Å². The largest absolute Gasteiger partial charge is 0.493 e. The maximum atomic E-state index is 13.5. The van der Waals surface area contributed by atoms with Crippen LogP contribution in [0.5, 0.6) is 11.5 Å². The third-order valence-electron chi connectivity index (χ3n) is 6.41. The molecule has 0 saturated carbocycles. The highest BCUT2D eigenvalue weighted by Gasteiger charge is 2.21. The second-order valence-corrected chi connectivity index (χ2v) is 8.39. The molecule has 5 aromatic rings. The molecule has 0 bridgehead atoms. The summed E-state index contributed by atoms with van der Waals surface area (Å²) in [5, 5.41) is 0.517. The number of fused-ring (bicyclic) bond motifs is 4. The van der Waals surface area contributed by atoms with Crippen LogP contribution in [0.1, 0.15) is 31.9 Å². The summed E-state index contributed by atoms with van der Waals surface area (Å²) in [6.07, 6.45) is 3.17. The predicted octanol–water partition coefficient (Wildman–Crippen LogP) is 4.53. The van der Waals surface area contributed by atoms with Crippen molar-refractivity contribution in [2.24, 2.45) is 0 Å². The lowest BCUT2D eigenvalue weighted by atomic mass is 10.1. The molecule has 3 aromatic heterocycles. The van der Waals surface area contributed by atoms with Crippen LogP contribution in [-0.2, 0) is 13.0 Å². The lowest BCUT2D eigenvalue weighted by Gasteiger charge is -2.13. The number of nitrogens with zero attached hydrogens (tertiary/aromatic N) is 5. The first-order valence-corrected chi connectivity index (χ1v) is 11.4. The molecule has 0 aliphatic heterocycles. The zero-order chi connectivity index (χ0) is 23.8. The molecule has 3 heterocycles. The van der Waals surface area contributed by atoms with Gasteiger partial charge in [-0.25, -0.2) is 15.0 Å². The van der Waals surface area contributed by atoms with Crippen LogP contribution in [0.4, 0.5) is 0 Å². The Kier molecular flexibility index (Phi) is 5.65. The van der Waals surface area contributed by atoms with Crippen LogP contribution in [0.3, 0.4) is 0 Å². The summed E-state index contributed by atoms with van der Waals surface area (Å²) in [6, 6.07) is 13.6. The van der Waals surface area contributed by atoms with Gasteiger partial charge in [-0.05, 0) is 49.6 Å². The Hall–Kier alpha value is -3.94. The Balaban J connectivity index is 1.69. The Morgan fingerprint density at radius 3 is 2.41 bits per heavy atom. The van der Waals surface area contributed by atoms with E-state index in [4.69, 9.17) is 24.4 Å². The molecule has 0 N–H and O–H groups in total. The van der Waals surface area contributed by atoms with Gasteiger partial charge in [0.1, 0.15) is 17.2 Å². The molecule has 0 spiro atoms. The first kappa shape index (κ1) is 21.9. The highest BCUT2D eigenvalue weighted by molar-refractivity contribution is 6.04. The van der Waals surface area contributed by atoms with E-state index in [0.717, 1.165) is 23.0 Å². The molecule has 0 saturated heterocycles. The van der Waals surface area contributed by atoms with E-state index in [1.807, 2.05) is 54.0 Å². The van der Waals surface area contributed by atoms with Gasteiger partial charge in [-0.1, -0.05) is 25.1 Å². The van der Waals surface area contributed by atoms with E-state index < -0.39 is 0 Å². The van der Waals surface area contributed by atoms with Crippen molar-refractivity contribution in [3.05, 3.63) is 64.7 Å². The van der Waals surface area contributed by atoms with Crippen molar-refractivity contribution in [3.8, 4) is 11.5 Å². The molecule has 0 amide bonds. The number of aryl methyl sites for hydroxylation is 2. The van der Waals surface area contributed by atoms with Gasteiger partial charge in [0.25, 0.3) is 5.56 Å². The van der Waals surface area contributed by atoms with Gasteiger partial charge in [-0.2, -0.15) is 0 Å². The summed E-state index contributed by atoms with van der Waals surface area (Å²) in [7, 11) is 3.25. The number of hydrogen-bond donors (Lipinski definition) is 0. The highest BCUT2D eigenvalue weighted by atomic mass is 16.5. The Morgan fingerprint density at radius 1 is 0.971 bits per heavy atom. The molecule has 1 unspecified atom stereocenters. The van der Waals surface area contributed by atoms with Crippen LogP contribution in [0.25, 0.3) is 33.2 Å². The molecule has 1 atom stereocenters. The lowest BCUT2D eigenvalue weighted by molar-refractivity contribution is 0.354. The summed E-state index contributed by atoms with van der Waals surface area (Å²) < 4.78 is 14.5. The second-order valence-electron chi connectivity index (χ2n) is 8.39. The van der Waals surface area contributed by atoms with Gasteiger partial charge >= 0.3 is 0 Å². The summed E-state index contributed by atoms with van der Waals surface area (Å²) in [6.45, 7) is 4.66. The number of para-hydroxylation sites is 2. The molecule has 8 nitrogen and oxygen atoms in total. The highest BCUT2D eigenvalue weighted by Crippen LogP contribution is 2.29. The number of hydrogen-bond acceptors (Lipinski definition) is 6. The molecule has 174 valence electrons. The minimum Gasteiger partial charge on any atom is -0.493 e. The minimum atomic E-state index is -0.0844. The van der Waals surface area contributed by atoms with Gasteiger partial charge in [0.05, 0.1) is 25.3 Å². The molecule has 0 radical (unpaired) electrons. The van der Waals surface area contributed by atoms with Gasteiger partial charge in [0.2, 0.25) is 0 Å². The zero-order valence-corrected chi connectivity index (χ0v) is 19.8. The van der Waals surface area contributed by atoms with Crippen LogP contribution in [0.15, 0.2) is 53.6 Å². The van der Waals surface area contributed by atoms with E-state index in [9.17, 15) is 4.79 Å². The van der Waals surface area contributed by atoms with Gasteiger partial charge < -0.3 is 14.0 Å². The fraction of sp³-hybridized carbons (Fsp3) is 0.308. The van der Waals surface area contributed by atoms with Gasteiger partial charge in [-0.15, -0.1) is 0 Å². The number of ether oxygens (including phenoxy) is 2. The maximum absolute atomic E-state index is 13.5. The Morgan fingerprint density at radius 2 is 1.71 bits per heavy atom. The van der Waals surface area contributed by atoms with Crippen molar-refractivity contribution >= 4 is 33.2 Å². The third kappa shape index (κ3) is 3.55. The fourth-order valence-corrected chi connectivity index (χ4v) is 4.32. The Labute approximate surface area is 196 Å². The standard InChI is InChI=1S/C26H27N5O3/c1-5-16(2)31-15-27-24-22(26(31)32)23-25(29-19-9-7-6-8-18(19)28-23)30(24)13-12-17-10-11-20(33-3)21(14-17)34-4/h6-11,14-16H,5,12-13H2,1-4H3.